The largest absolute Gasteiger partial charge is 0.352 e. The number of benzene rings is 2. The number of thioether (sulfide) groups is 1. The summed E-state index contributed by atoms with van der Waals surface area (Å²) in [5.41, 5.74) is 2.16. The summed E-state index contributed by atoms with van der Waals surface area (Å²) < 4.78 is 0. The van der Waals surface area contributed by atoms with Gasteiger partial charge in [-0.25, -0.2) is 0 Å². The van der Waals surface area contributed by atoms with E-state index in [1.54, 1.807) is 11.8 Å². The Morgan fingerprint density at radius 3 is 2.40 bits per heavy atom. The first-order valence-electron chi connectivity index (χ1n) is 10.4. The molecule has 0 radical (unpaired) electrons. The SMILES string of the molecule is CC[C@H](C)NC(=O)[C@H](C)N(CCc1ccccc1)C(=O)CSCc1ccccc1Cl. The molecular weight excluding hydrogens is 416 g/mol. The lowest BCUT2D eigenvalue weighted by Crippen LogP contribution is -2.51. The fourth-order valence-corrected chi connectivity index (χ4v) is 4.18. The second-order valence-electron chi connectivity index (χ2n) is 7.40. The van der Waals surface area contributed by atoms with Crippen molar-refractivity contribution in [1.29, 1.82) is 0 Å². The Labute approximate surface area is 189 Å². The number of hydrogen-bond donors (Lipinski definition) is 1. The molecule has 0 aromatic heterocycles. The normalized spacial score (nSPS) is 12.8. The smallest absolute Gasteiger partial charge is 0.242 e. The molecule has 0 spiro atoms. The van der Waals surface area contributed by atoms with E-state index in [0.29, 0.717) is 29.5 Å². The number of carbonyl (C=O) groups excluding carboxylic acids is 2. The highest BCUT2D eigenvalue weighted by Crippen LogP contribution is 2.21. The van der Waals surface area contributed by atoms with Crippen molar-refractivity contribution in [2.75, 3.05) is 12.3 Å². The lowest BCUT2D eigenvalue weighted by Gasteiger charge is -2.29. The van der Waals surface area contributed by atoms with Gasteiger partial charge in [-0.1, -0.05) is 67.1 Å². The highest BCUT2D eigenvalue weighted by molar-refractivity contribution is 7.99. The topological polar surface area (TPSA) is 49.4 Å². The minimum atomic E-state index is -0.517. The minimum absolute atomic E-state index is 0.0326. The fraction of sp³-hybridized carbons (Fsp3) is 0.417. The Morgan fingerprint density at radius 2 is 1.73 bits per heavy atom. The van der Waals surface area contributed by atoms with Gasteiger partial charge >= 0.3 is 0 Å². The van der Waals surface area contributed by atoms with E-state index in [2.05, 4.69) is 5.32 Å². The minimum Gasteiger partial charge on any atom is -0.352 e. The summed E-state index contributed by atoms with van der Waals surface area (Å²) in [6.07, 6.45) is 1.56. The predicted molar refractivity (Wildman–Crippen MR) is 127 cm³/mol. The van der Waals surface area contributed by atoms with E-state index in [1.165, 1.54) is 11.8 Å². The number of hydrogen-bond acceptors (Lipinski definition) is 3. The monoisotopic (exact) mass is 446 g/mol. The molecule has 1 N–H and O–H groups in total. The van der Waals surface area contributed by atoms with Gasteiger partial charge in [-0.05, 0) is 43.9 Å². The average molecular weight is 447 g/mol. The first-order chi connectivity index (χ1) is 14.4. The number of rotatable bonds is 11. The van der Waals surface area contributed by atoms with Crippen LogP contribution in [0.3, 0.4) is 0 Å². The quantitative estimate of drug-likeness (QED) is 0.531. The first kappa shape index (κ1) is 24.3. The lowest BCUT2D eigenvalue weighted by molar-refractivity contribution is -0.138. The first-order valence-corrected chi connectivity index (χ1v) is 11.9. The maximum atomic E-state index is 13.0. The second-order valence-corrected chi connectivity index (χ2v) is 8.79. The summed E-state index contributed by atoms with van der Waals surface area (Å²) in [6.45, 7) is 6.31. The fourth-order valence-electron chi connectivity index (χ4n) is 2.98. The van der Waals surface area contributed by atoms with Crippen molar-refractivity contribution in [3.05, 3.63) is 70.7 Å². The molecule has 6 heteroatoms. The van der Waals surface area contributed by atoms with Crippen molar-refractivity contribution in [3.8, 4) is 0 Å². The molecule has 0 saturated carbocycles. The molecule has 2 rings (SSSR count). The molecule has 0 bridgehead atoms. The van der Waals surface area contributed by atoms with E-state index in [0.717, 1.165) is 17.5 Å². The molecule has 2 amide bonds. The van der Waals surface area contributed by atoms with Gasteiger partial charge in [0, 0.05) is 23.4 Å². The number of nitrogens with one attached hydrogen (secondary N) is 1. The summed E-state index contributed by atoms with van der Waals surface area (Å²) >= 11 is 7.73. The molecule has 2 aromatic carbocycles. The molecule has 0 saturated heterocycles. The van der Waals surface area contributed by atoms with Gasteiger partial charge in [0.1, 0.15) is 6.04 Å². The van der Waals surface area contributed by atoms with Gasteiger partial charge in [0.15, 0.2) is 0 Å². The van der Waals surface area contributed by atoms with Crippen molar-refractivity contribution in [2.24, 2.45) is 0 Å². The van der Waals surface area contributed by atoms with Crippen LogP contribution in [0, 0.1) is 0 Å². The zero-order valence-corrected chi connectivity index (χ0v) is 19.5. The number of carbonyl (C=O) groups is 2. The molecule has 4 nitrogen and oxygen atoms in total. The summed E-state index contributed by atoms with van der Waals surface area (Å²) in [5.74, 6) is 0.823. The van der Waals surface area contributed by atoms with Crippen LogP contribution < -0.4 is 5.32 Å². The van der Waals surface area contributed by atoms with Crippen LogP contribution in [0.1, 0.15) is 38.3 Å². The molecule has 0 aliphatic carbocycles. The van der Waals surface area contributed by atoms with Crippen molar-refractivity contribution in [2.45, 2.75) is 51.4 Å². The molecule has 0 aliphatic rings. The van der Waals surface area contributed by atoms with Crippen LogP contribution in [-0.2, 0) is 21.8 Å². The van der Waals surface area contributed by atoms with E-state index in [-0.39, 0.29) is 17.9 Å². The maximum absolute atomic E-state index is 13.0. The van der Waals surface area contributed by atoms with Crippen LogP contribution in [-0.4, -0.2) is 41.1 Å². The zero-order chi connectivity index (χ0) is 21.9. The Morgan fingerprint density at radius 1 is 1.07 bits per heavy atom. The Kier molecular flexibility index (Phi) is 10.2. The van der Waals surface area contributed by atoms with Gasteiger partial charge in [-0.15, -0.1) is 11.8 Å². The van der Waals surface area contributed by atoms with Gasteiger partial charge in [0.05, 0.1) is 5.75 Å². The van der Waals surface area contributed by atoms with Crippen LogP contribution in [0.15, 0.2) is 54.6 Å². The van der Waals surface area contributed by atoms with Gasteiger partial charge < -0.3 is 10.2 Å². The van der Waals surface area contributed by atoms with Gasteiger partial charge in [-0.3, -0.25) is 9.59 Å². The molecule has 30 heavy (non-hydrogen) atoms. The standard InChI is InChI=1S/C24H31ClN2O2S/c1-4-18(2)26-24(29)19(3)27(15-14-20-10-6-5-7-11-20)23(28)17-30-16-21-12-8-9-13-22(21)25/h5-13,18-19H,4,14-17H2,1-3H3,(H,26,29)/t18-,19-/m0/s1. The third kappa shape index (κ3) is 7.69. The van der Waals surface area contributed by atoms with Crippen molar-refractivity contribution < 1.29 is 9.59 Å². The van der Waals surface area contributed by atoms with Crippen molar-refractivity contribution >= 4 is 35.2 Å². The molecule has 2 aromatic rings. The molecule has 0 unspecified atom stereocenters. The van der Waals surface area contributed by atoms with Crippen LogP contribution in [0.2, 0.25) is 5.02 Å². The van der Waals surface area contributed by atoms with E-state index >= 15 is 0 Å². The highest BCUT2D eigenvalue weighted by atomic mass is 35.5. The lowest BCUT2D eigenvalue weighted by atomic mass is 10.1. The summed E-state index contributed by atoms with van der Waals surface area (Å²) in [7, 11) is 0. The maximum Gasteiger partial charge on any atom is 0.242 e. The Hall–Kier alpha value is -1.98. The van der Waals surface area contributed by atoms with E-state index < -0.39 is 6.04 Å². The summed E-state index contributed by atoms with van der Waals surface area (Å²) in [6, 6.07) is 17.2. The summed E-state index contributed by atoms with van der Waals surface area (Å²) in [5, 5.41) is 3.70. The molecule has 2 atom stereocenters. The van der Waals surface area contributed by atoms with E-state index in [4.69, 9.17) is 11.6 Å². The van der Waals surface area contributed by atoms with Crippen LogP contribution in [0.4, 0.5) is 0 Å². The van der Waals surface area contributed by atoms with Crippen LogP contribution in [0.25, 0.3) is 0 Å². The summed E-state index contributed by atoms with van der Waals surface area (Å²) in [4.78, 5) is 27.4. The molecule has 162 valence electrons. The second kappa shape index (κ2) is 12.7. The molecule has 0 fully saturated rings. The van der Waals surface area contributed by atoms with Gasteiger partial charge in [-0.2, -0.15) is 0 Å². The predicted octanol–water partition coefficient (Wildman–Crippen LogP) is 4.95. The van der Waals surface area contributed by atoms with Crippen molar-refractivity contribution in [3.63, 3.8) is 0 Å². The number of halogens is 1. The Balaban J connectivity index is 2.01. The van der Waals surface area contributed by atoms with E-state index in [9.17, 15) is 9.59 Å². The van der Waals surface area contributed by atoms with Gasteiger partial charge in [0.2, 0.25) is 11.8 Å². The number of nitrogens with zero attached hydrogens (tertiary/aromatic N) is 1. The zero-order valence-electron chi connectivity index (χ0n) is 17.9. The van der Waals surface area contributed by atoms with Crippen LogP contribution in [0.5, 0.6) is 0 Å². The highest BCUT2D eigenvalue weighted by Gasteiger charge is 2.26. The van der Waals surface area contributed by atoms with Crippen LogP contribution >= 0.6 is 23.4 Å². The third-order valence-corrected chi connectivity index (χ3v) is 6.43. The van der Waals surface area contributed by atoms with Crippen molar-refractivity contribution in [1.82, 2.24) is 10.2 Å². The number of amides is 2. The average Bonchev–Trinajstić information content (AvgIpc) is 2.75. The van der Waals surface area contributed by atoms with Gasteiger partial charge in [0.25, 0.3) is 0 Å². The molecule has 0 aliphatic heterocycles. The molecular formula is C24H31ClN2O2S. The van der Waals surface area contributed by atoms with E-state index in [1.807, 2.05) is 68.4 Å². The Bertz CT molecular complexity index is 816. The molecule has 0 heterocycles. The third-order valence-electron chi connectivity index (χ3n) is 5.09.